The summed E-state index contributed by atoms with van der Waals surface area (Å²) in [5.41, 5.74) is 8.67. The van der Waals surface area contributed by atoms with E-state index in [-0.39, 0.29) is 5.56 Å². The van der Waals surface area contributed by atoms with E-state index in [9.17, 15) is 4.79 Å². The van der Waals surface area contributed by atoms with Crippen LogP contribution >= 0.6 is 11.3 Å². The van der Waals surface area contributed by atoms with Crippen LogP contribution < -0.4 is 10.6 Å². The minimum Gasteiger partial charge on any atom is -0.478 e. The molecule has 1 aromatic carbocycles. The molecule has 0 bridgehead atoms. The van der Waals surface area contributed by atoms with Crippen molar-refractivity contribution >= 4 is 28.7 Å². The summed E-state index contributed by atoms with van der Waals surface area (Å²) >= 11 is 1.81. The predicted molar refractivity (Wildman–Crippen MR) is 81.6 cm³/mol. The van der Waals surface area contributed by atoms with Crippen LogP contribution in [0.3, 0.4) is 0 Å². The number of fused-ring (bicyclic) bond motifs is 1. The predicted octanol–water partition coefficient (Wildman–Crippen LogP) is 3.15. The summed E-state index contributed by atoms with van der Waals surface area (Å²) in [5.74, 6) is -0.985. The van der Waals surface area contributed by atoms with Crippen molar-refractivity contribution in [2.75, 3.05) is 17.2 Å². The van der Waals surface area contributed by atoms with Gasteiger partial charge in [-0.2, -0.15) is 0 Å². The molecule has 2 aromatic rings. The van der Waals surface area contributed by atoms with Crippen LogP contribution in [0, 0.1) is 0 Å². The second-order valence-corrected chi connectivity index (χ2v) is 6.00. The maximum atomic E-state index is 11.0. The Morgan fingerprint density at radius 2 is 2.25 bits per heavy atom. The lowest BCUT2D eigenvalue weighted by atomic mass is 10.00. The number of thiophene rings is 1. The van der Waals surface area contributed by atoms with Gasteiger partial charge in [-0.05, 0) is 48.6 Å². The average Bonchev–Trinajstić information content (AvgIpc) is 2.87. The van der Waals surface area contributed by atoms with Crippen LogP contribution in [0.1, 0.15) is 33.8 Å². The van der Waals surface area contributed by atoms with Crippen molar-refractivity contribution in [3.05, 3.63) is 45.6 Å². The van der Waals surface area contributed by atoms with E-state index in [2.05, 4.69) is 23.3 Å². The topological polar surface area (TPSA) is 66.6 Å². The highest BCUT2D eigenvalue weighted by atomic mass is 32.1. The summed E-state index contributed by atoms with van der Waals surface area (Å²) in [6.45, 7) is 3.10. The normalized spacial score (nSPS) is 17.9. The Labute approximate surface area is 121 Å². The molecule has 0 amide bonds. The Hall–Kier alpha value is -2.01. The highest BCUT2D eigenvalue weighted by Crippen LogP contribution is 2.36. The van der Waals surface area contributed by atoms with Gasteiger partial charge in [-0.15, -0.1) is 11.3 Å². The second-order valence-electron chi connectivity index (χ2n) is 5.00. The van der Waals surface area contributed by atoms with Crippen molar-refractivity contribution in [2.24, 2.45) is 0 Å². The third-order valence-electron chi connectivity index (χ3n) is 3.87. The van der Waals surface area contributed by atoms with Crippen LogP contribution in [0.5, 0.6) is 0 Å². The number of anilines is 2. The number of nitrogen functional groups attached to an aromatic ring is 1. The highest BCUT2D eigenvalue weighted by molar-refractivity contribution is 7.10. The first-order valence-corrected chi connectivity index (χ1v) is 7.41. The SMILES string of the molecule is CC1c2ccsc2CCN1c1ccc(C(=O)O)c(N)c1. The first kappa shape index (κ1) is 13.0. The van der Waals surface area contributed by atoms with Crippen LogP contribution in [0.15, 0.2) is 29.6 Å². The van der Waals surface area contributed by atoms with E-state index in [1.807, 2.05) is 6.07 Å². The van der Waals surface area contributed by atoms with Crippen molar-refractivity contribution < 1.29 is 9.90 Å². The number of aromatic carboxylic acids is 1. The number of nitrogens with two attached hydrogens (primary N) is 1. The van der Waals surface area contributed by atoms with E-state index < -0.39 is 5.97 Å². The molecule has 3 rings (SSSR count). The van der Waals surface area contributed by atoms with Gasteiger partial charge in [0.05, 0.1) is 11.6 Å². The third-order valence-corrected chi connectivity index (χ3v) is 4.87. The largest absolute Gasteiger partial charge is 0.478 e. The first-order chi connectivity index (χ1) is 9.58. The number of carbonyl (C=O) groups is 1. The molecule has 2 heterocycles. The molecule has 4 nitrogen and oxygen atoms in total. The second kappa shape index (κ2) is 4.83. The Kier molecular flexibility index (Phi) is 3.14. The maximum Gasteiger partial charge on any atom is 0.337 e. The average molecular weight is 288 g/mol. The Balaban J connectivity index is 1.95. The number of nitrogens with zero attached hydrogens (tertiary/aromatic N) is 1. The number of carboxylic acid groups (broad SMARTS) is 1. The van der Waals surface area contributed by atoms with Gasteiger partial charge in [0.15, 0.2) is 0 Å². The lowest BCUT2D eigenvalue weighted by Gasteiger charge is -2.35. The van der Waals surface area contributed by atoms with Crippen molar-refractivity contribution in [3.8, 4) is 0 Å². The summed E-state index contributed by atoms with van der Waals surface area (Å²) in [5, 5.41) is 11.2. The lowest BCUT2D eigenvalue weighted by molar-refractivity contribution is 0.0698. The van der Waals surface area contributed by atoms with E-state index in [0.29, 0.717) is 11.7 Å². The smallest absolute Gasteiger partial charge is 0.337 e. The Bertz CT molecular complexity index is 666. The highest BCUT2D eigenvalue weighted by Gasteiger charge is 2.25. The lowest BCUT2D eigenvalue weighted by Crippen LogP contribution is -2.33. The van der Waals surface area contributed by atoms with Gasteiger partial charge >= 0.3 is 5.97 Å². The summed E-state index contributed by atoms with van der Waals surface area (Å²) in [6, 6.07) is 7.65. The molecule has 104 valence electrons. The van der Waals surface area contributed by atoms with Gasteiger partial charge in [-0.3, -0.25) is 0 Å². The molecule has 3 N–H and O–H groups in total. The zero-order valence-electron chi connectivity index (χ0n) is 11.2. The molecule has 1 aromatic heterocycles. The molecule has 0 spiro atoms. The minimum atomic E-state index is -0.985. The summed E-state index contributed by atoms with van der Waals surface area (Å²) in [7, 11) is 0. The van der Waals surface area contributed by atoms with Gasteiger partial charge < -0.3 is 15.7 Å². The molecule has 1 aliphatic heterocycles. The summed E-state index contributed by atoms with van der Waals surface area (Å²) in [6.07, 6.45) is 1.03. The van der Waals surface area contributed by atoms with Crippen molar-refractivity contribution in [3.63, 3.8) is 0 Å². The van der Waals surface area contributed by atoms with Crippen LogP contribution in [0.4, 0.5) is 11.4 Å². The van der Waals surface area contributed by atoms with E-state index in [1.54, 1.807) is 23.5 Å². The molecule has 20 heavy (non-hydrogen) atoms. The van der Waals surface area contributed by atoms with E-state index in [1.165, 1.54) is 10.4 Å². The van der Waals surface area contributed by atoms with Crippen molar-refractivity contribution in [1.82, 2.24) is 0 Å². The molecule has 0 fully saturated rings. The van der Waals surface area contributed by atoms with Crippen molar-refractivity contribution in [2.45, 2.75) is 19.4 Å². The molecule has 0 saturated heterocycles. The monoisotopic (exact) mass is 288 g/mol. The Morgan fingerprint density at radius 3 is 2.95 bits per heavy atom. The van der Waals surface area contributed by atoms with E-state index in [4.69, 9.17) is 10.8 Å². The third kappa shape index (κ3) is 2.04. The van der Waals surface area contributed by atoms with Crippen molar-refractivity contribution in [1.29, 1.82) is 0 Å². The van der Waals surface area contributed by atoms with Gasteiger partial charge in [0.1, 0.15) is 0 Å². The summed E-state index contributed by atoms with van der Waals surface area (Å²) in [4.78, 5) is 14.7. The van der Waals surface area contributed by atoms with Crippen LogP contribution in [-0.2, 0) is 6.42 Å². The zero-order valence-corrected chi connectivity index (χ0v) is 12.0. The quantitative estimate of drug-likeness (QED) is 0.833. The number of carboxylic acids is 1. The fourth-order valence-corrected chi connectivity index (χ4v) is 3.75. The Morgan fingerprint density at radius 1 is 1.45 bits per heavy atom. The standard InChI is InChI=1S/C15H16N2O2S/c1-9-11-5-7-20-14(11)4-6-17(9)10-2-3-12(15(18)19)13(16)8-10/h2-3,5,7-9H,4,6,16H2,1H3,(H,18,19). The van der Waals surface area contributed by atoms with E-state index in [0.717, 1.165) is 18.7 Å². The molecule has 1 unspecified atom stereocenters. The van der Waals surface area contributed by atoms with Gasteiger partial charge in [0, 0.05) is 22.8 Å². The minimum absolute atomic E-state index is 0.162. The van der Waals surface area contributed by atoms with Gasteiger partial charge in [-0.25, -0.2) is 4.79 Å². The fourth-order valence-electron chi connectivity index (χ4n) is 2.79. The number of benzene rings is 1. The van der Waals surface area contributed by atoms with Gasteiger partial charge in [0.25, 0.3) is 0 Å². The van der Waals surface area contributed by atoms with Crippen LogP contribution in [0.25, 0.3) is 0 Å². The molecule has 5 heteroatoms. The molecule has 0 radical (unpaired) electrons. The molecular formula is C15H16N2O2S. The maximum absolute atomic E-state index is 11.0. The molecule has 1 aliphatic rings. The number of hydrogen-bond acceptors (Lipinski definition) is 4. The number of rotatable bonds is 2. The fraction of sp³-hybridized carbons (Fsp3) is 0.267. The number of hydrogen-bond donors (Lipinski definition) is 2. The molecule has 0 saturated carbocycles. The first-order valence-electron chi connectivity index (χ1n) is 6.53. The molecule has 0 aliphatic carbocycles. The van der Waals surface area contributed by atoms with E-state index >= 15 is 0 Å². The molecular weight excluding hydrogens is 272 g/mol. The zero-order chi connectivity index (χ0) is 14.3. The van der Waals surface area contributed by atoms with Crippen LogP contribution in [-0.4, -0.2) is 17.6 Å². The van der Waals surface area contributed by atoms with Crippen LogP contribution in [0.2, 0.25) is 0 Å². The van der Waals surface area contributed by atoms with Gasteiger partial charge in [0.2, 0.25) is 0 Å². The van der Waals surface area contributed by atoms with Gasteiger partial charge in [-0.1, -0.05) is 0 Å². The molecule has 1 atom stereocenters. The summed E-state index contributed by atoms with van der Waals surface area (Å²) < 4.78 is 0.